The number of carbonyl (C=O) groups excluding carboxylic acids is 1. The van der Waals surface area contributed by atoms with Crippen LogP contribution in [0.1, 0.15) is 68.2 Å². The molecular weight excluding hydrogens is 390 g/mol. The van der Waals surface area contributed by atoms with Crippen LogP contribution in [0.25, 0.3) is 5.65 Å². The molecular formula is C22H24F2N4O2. The van der Waals surface area contributed by atoms with Gasteiger partial charge in [-0.1, -0.05) is 26.8 Å². The first-order chi connectivity index (χ1) is 14.2. The van der Waals surface area contributed by atoms with E-state index in [9.17, 15) is 13.6 Å². The van der Waals surface area contributed by atoms with Gasteiger partial charge in [0.25, 0.3) is 12.3 Å². The molecule has 3 aromatic rings. The SMILES string of the molecule is CC(C)(C)c1cn2cc(C(=O)Nc3cccc(C(F)F)n3)c(OC3CCC3)cc2n1. The van der Waals surface area contributed by atoms with Gasteiger partial charge in [-0.2, -0.15) is 0 Å². The number of amides is 1. The second-order valence-electron chi connectivity index (χ2n) is 8.57. The zero-order valence-electron chi connectivity index (χ0n) is 17.2. The van der Waals surface area contributed by atoms with Crippen molar-refractivity contribution in [3.63, 3.8) is 0 Å². The highest BCUT2D eigenvalue weighted by Crippen LogP contribution is 2.31. The summed E-state index contributed by atoms with van der Waals surface area (Å²) >= 11 is 0. The molecule has 4 rings (SSSR count). The van der Waals surface area contributed by atoms with Gasteiger partial charge in [0, 0.05) is 23.9 Å². The van der Waals surface area contributed by atoms with Crippen LogP contribution in [0.4, 0.5) is 14.6 Å². The van der Waals surface area contributed by atoms with E-state index in [4.69, 9.17) is 4.74 Å². The molecule has 0 aliphatic heterocycles. The third-order valence-electron chi connectivity index (χ3n) is 5.15. The lowest BCUT2D eigenvalue weighted by Crippen LogP contribution is -2.26. The number of rotatable bonds is 5. The summed E-state index contributed by atoms with van der Waals surface area (Å²) in [6.45, 7) is 6.20. The number of hydrogen-bond donors (Lipinski definition) is 1. The predicted octanol–water partition coefficient (Wildman–Crippen LogP) is 5.15. The topological polar surface area (TPSA) is 68.5 Å². The van der Waals surface area contributed by atoms with Crippen molar-refractivity contribution >= 4 is 17.4 Å². The summed E-state index contributed by atoms with van der Waals surface area (Å²) in [5.74, 6) is 0.0189. The number of pyridine rings is 2. The molecule has 6 nitrogen and oxygen atoms in total. The lowest BCUT2D eigenvalue weighted by atomic mass is 9.93. The van der Waals surface area contributed by atoms with Gasteiger partial charge in [0.1, 0.15) is 22.9 Å². The number of fused-ring (bicyclic) bond motifs is 1. The zero-order valence-corrected chi connectivity index (χ0v) is 17.2. The molecule has 0 spiro atoms. The molecule has 8 heteroatoms. The number of hydrogen-bond acceptors (Lipinski definition) is 4. The number of halogens is 2. The van der Waals surface area contributed by atoms with Gasteiger partial charge >= 0.3 is 0 Å². The Balaban J connectivity index is 1.70. The average Bonchev–Trinajstić information content (AvgIpc) is 3.07. The Morgan fingerprint density at radius 2 is 2.00 bits per heavy atom. The highest BCUT2D eigenvalue weighted by molar-refractivity contribution is 6.05. The second kappa shape index (κ2) is 7.66. The third kappa shape index (κ3) is 4.13. The van der Waals surface area contributed by atoms with Gasteiger partial charge in [-0.3, -0.25) is 4.79 Å². The highest BCUT2D eigenvalue weighted by atomic mass is 19.3. The maximum absolute atomic E-state index is 13.0. The minimum Gasteiger partial charge on any atom is -0.489 e. The largest absolute Gasteiger partial charge is 0.489 e. The minimum absolute atomic E-state index is 0.0634. The minimum atomic E-state index is -2.71. The predicted molar refractivity (Wildman–Crippen MR) is 109 cm³/mol. The first kappa shape index (κ1) is 20.3. The van der Waals surface area contributed by atoms with Crippen LogP contribution in [0.3, 0.4) is 0 Å². The van der Waals surface area contributed by atoms with Crippen molar-refractivity contribution in [2.45, 2.75) is 58.0 Å². The van der Waals surface area contributed by atoms with Gasteiger partial charge in [0.2, 0.25) is 0 Å². The van der Waals surface area contributed by atoms with Crippen LogP contribution in [0, 0.1) is 0 Å². The molecule has 3 aromatic heterocycles. The van der Waals surface area contributed by atoms with Gasteiger partial charge in [-0.25, -0.2) is 18.7 Å². The number of anilines is 1. The summed E-state index contributed by atoms with van der Waals surface area (Å²) in [6.07, 6.45) is 3.87. The lowest BCUT2D eigenvalue weighted by molar-refractivity contribution is 0.0990. The maximum Gasteiger partial charge on any atom is 0.280 e. The number of imidazole rings is 1. The van der Waals surface area contributed by atoms with Crippen molar-refractivity contribution < 1.29 is 18.3 Å². The van der Waals surface area contributed by atoms with Gasteiger partial charge in [0.05, 0.1) is 17.4 Å². The van der Waals surface area contributed by atoms with Crippen molar-refractivity contribution in [1.29, 1.82) is 0 Å². The molecule has 0 aromatic carbocycles. The van der Waals surface area contributed by atoms with Crippen molar-refractivity contribution in [1.82, 2.24) is 14.4 Å². The van der Waals surface area contributed by atoms with E-state index >= 15 is 0 Å². The molecule has 1 amide bonds. The van der Waals surface area contributed by atoms with Crippen molar-refractivity contribution in [2.24, 2.45) is 0 Å². The van der Waals surface area contributed by atoms with Crippen molar-refractivity contribution in [2.75, 3.05) is 5.32 Å². The molecule has 0 unspecified atom stereocenters. The van der Waals surface area contributed by atoms with E-state index < -0.39 is 18.0 Å². The molecule has 0 atom stereocenters. The van der Waals surface area contributed by atoms with E-state index in [1.165, 1.54) is 18.2 Å². The van der Waals surface area contributed by atoms with Crippen LogP contribution in [0.5, 0.6) is 5.75 Å². The Hall–Kier alpha value is -3.03. The van der Waals surface area contributed by atoms with Gasteiger partial charge in [-0.05, 0) is 31.4 Å². The van der Waals surface area contributed by atoms with Crippen LogP contribution in [0.2, 0.25) is 0 Å². The Kier molecular flexibility index (Phi) is 5.17. The molecule has 158 valence electrons. The average molecular weight is 414 g/mol. The Bertz CT molecular complexity index is 1080. The van der Waals surface area contributed by atoms with Crippen LogP contribution in [0.15, 0.2) is 36.7 Å². The van der Waals surface area contributed by atoms with E-state index in [1.807, 2.05) is 6.20 Å². The number of nitrogens with one attached hydrogen (secondary N) is 1. The van der Waals surface area contributed by atoms with Gasteiger partial charge in [-0.15, -0.1) is 0 Å². The van der Waals surface area contributed by atoms with E-state index in [0.29, 0.717) is 17.0 Å². The van der Waals surface area contributed by atoms with Crippen LogP contribution in [-0.4, -0.2) is 26.4 Å². The summed E-state index contributed by atoms with van der Waals surface area (Å²) in [6, 6.07) is 5.89. The normalized spacial score (nSPS) is 14.7. The highest BCUT2D eigenvalue weighted by Gasteiger charge is 2.25. The fourth-order valence-corrected chi connectivity index (χ4v) is 3.14. The molecule has 3 heterocycles. The lowest BCUT2D eigenvalue weighted by Gasteiger charge is -2.27. The molecule has 1 N–H and O–H groups in total. The number of alkyl halides is 2. The summed E-state index contributed by atoms with van der Waals surface area (Å²) in [4.78, 5) is 21.5. The Morgan fingerprint density at radius 3 is 2.63 bits per heavy atom. The first-order valence-electron chi connectivity index (χ1n) is 9.97. The summed E-state index contributed by atoms with van der Waals surface area (Å²) < 4.78 is 33.7. The summed E-state index contributed by atoms with van der Waals surface area (Å²) in [7, 11) is 0. The second-order valence-corrected chi connectivity index (χ2v) is 8.57. The monoisotopic (exact) mass is 414 g/mol. The quantitative estimate of drug-likeness (QED) is 0.627. The van der Waals surface area contributed by atoms with E-state index in [1.54, 1.807) is 16.7 Å². The fraction of sp³-hybridized carbons (Fsp3) is 0.409. The van der Waals surface area contributed by atoms with E-state index in [2.05, 4.69) is 36.1 Å². The Labute approximate surface area is 173 Å². The van der Waals surface area contributed by atoms with E-state index in [0.717, 1.165) is 25.0 Å². The van der Waals surface area contributed by atoms with Crippen LogP contribution >= 0.6 is 0 Å². The van der Waals surface area contributed by atoms with Gasteiger partial charge < -0.3 is 14.5 Å². The number of carbonyl (C=O) groups is 1. The van der Waals surface area contributed by atoms with Crippen molar-refractivity contribution in [3.05, 3.63) is 53.6 Å². The molecule has 1 aliphatic rings. The van der Waals surface area contributed by atoms with E-state index in [-0.39, 0.29) is 17.3 Å². The maximum atomic E-state index is 13.0. The number of aromatic nitrogens is 3. The molecule has 1 aliphatic carbocycles. The van der Waals surface area contributed by atoms with Crippen LogP contribution < -0.4 is 10.1 Å². The number of ether oxygens (including phenoxy) is 1. The first-order valence-corrected chi connectivity index (χ1v) is 9.97. The molecule has 0 radical (unpaired) electrons. The van der Waals surface area contributed by atoms with Crippen LogP contribution in [-0.2, 0) is 5.41 Å². The Morgan fingerprint density at radius 1 is 1.23 bits per heavy atom. The molecule has 30 heavy (non-hydrogen) atoms. The standard InChI is InChI=1S/C22H24F2N4O2/c1-22(2,3)17-12-28-11-14(16(10-19(28)26-17)30-13-6-4-7-13)21(29)27-18-9-5-8-15(25-18)20(23)24/h5,8-13,20H,4,6-7H2,1-3H3,(H,25,27,29). The molecule has 1 saturated carbocycles. The molecule has 0 saturated heterocycles. The summed E-state index contributed by atoms with van der Waals surface area (Å²) in [5, 5.41) is 2.61. The molecule has 1 fully saturated rings. The zero-order chi connectivity index (χ0) is 21.5. The fourth-order valence-electron chi connectivity index (χ4n) is 3.14. The van der Waals surface area contributed by atoms with Gasteiger partial charge in [0.15, 0.2) is 0 Å². The van der Waals surface area contributed by atoms with Crippen molar-refractivity contribution in [3.8, 4) is 5.75 Å². The molecule has 0 bridgehead atoms. The number of nitrogens with zero attached hydrogens (tertiary/aromatic N) is 3. The third-order valence-corrected chi connectivity index (χ3v) is 5.15. The smallest absolute Gasteiger partial charge is 0.280 e. The summed E-state index contributed by atoms with van der Waals surface area (Å²) in [5.41, 5.74) is 1.34.